The van der Waals surface area contributed by atoms with E-state index in [9.17, 15) is 4.79 Å². The maximum atomic E-state index is 12.3. The molecule has 26 heavy (non-hydrogen) atoms. The van der Waals surface area contributed by atoms with Crippen molar-refractivity contribution in [3.05, 3.63) is 88.7 Å². The number of nitrogens with zero attached hydrogens (tertiary/aromatic N) is 2. The number of halogens is 1. The molecule has 0 aliphatic carbocycles. The Morgan fingerprint density at radius 1 is 1.08 bits per heavy atom. The van der Waals surface area contributed by atoms with Crippen molar-refractivity contribution in [1.82, 2.24) is 9.38 Å². The van der Waals surface area contributed by atoms with Gasteiger partial charge in [-0.25, -0.2) is 4.98 Å². The van der Waals surface area contributed by atoms with Crippen LogP contribution in [0.1, 0.15) is 15.9 Å². The molecular formula is C21H16BrN3O. The predicted molar refractivity (Wildman–Crippen MR) is 107 cm³/mol. The summed E-state index contributed by atoms with van der Waals surface area (Å²) in [6.45, 7) is 2.05. The molecule has 1 amide bonds. The van der Waals surface area contributed by atoms with Crippen molar-refractivity contribution >= 4 is 33.2 Å². The average Bonchev–Trinajstić information content (AvgIpc) is 3.08. The van der Waals surface area contributed by atoms with Crippen molar-refractivity contribution in [2.75, 3.05) is 5.32 Å². The zero-order valence-corrected chi connectivity index (χ0v) is 15.7. The minimum absolute atomic E-state index is 0.137. The van der Waals surface area contributed by atoms with E-state index in [1.165, 1.54) is 0 Å². The van der Waals surface area contributed by atoms with Gasteiger partial charge < -0.3 is 9.72 Å². The van der Waals surface area contributed by atoms with Gasteiger partial charge in [-0.1, -0.05) is 40.2 Å². The normalized spacial score (nSPS) is 10.8. The summed E-state index contributed by atoms with van der Waals surface area (Å²) in [7, 11) is 0. The first kappa shape index (κ1) is 16.5. The standard InChI is InChI=1S/C21H16BrN3O/c1-14-4-3-11-25-13-19(24-20(14)25)15-7-9-18(10-8-15)23-21(26)16-5-2-6-17(22)12-16/h2-13H,1H3,(H,23,26). The highest BCUT2D eigenvalue weighted by Gasteiger charge is 2.08. The molecule has 2 aromatic carbocycles. The largest absolute Gasteiger partial charge is 0.322 e. The minimum atomic E-state index is -0.137. The lowest BCUT2D eigenvalue weighted by atomic mass is 10.1. The van der Waals surface area contributed by atoms with Gasteiger partial charge in [-0.05, 0) is 48.9 Å². The number of aromatic nitrogens is 2. The molecule has 0 atom stereocenters. The summed E-state index contributed by atoms with van der Waals surface area (Å²) in [6.07, 6.45) is 4.00. The molecule has 0 saturated heterocycles. The summed E-state index contributed by atoms with van der Waals surface area (Å²) in [5, 5.41) is 2.91. The van der Waals surface area contributed by atoms with Crippen LogP contribution >= 0.6 is 15.9 Å². The summed E-state index contributed by atoms with van der Waals surface area (Å²) in [6, 6.07) is 19.1. The van der Waals surface area contributed by atoms with E-state index in [1.807, 2.05) is 72.2 Å². The second kappa shape index (κ2) is 6.77. The maximum Gasteiger partial charge on any atom is 0.255 e. The monoisotopic (exact) mass is 405 g/mol. The van der Waals surface area contributed by atoms with Gasteiger partial charge in [0, 0.05) is 33.7 Å². The predicted octanol–water partition coefficient (Wildman–Crippen LogP) is 5.32. The first-order chi connectivity index (χ1) is 12.6. The summed E-state index contributed by atoms with van der Waals surface area (Å²) >= 11 is 3.38. The second-order valence-corrected chi connectivity index (χ2v) is 7.01. The van der Waals surface area contributed by atoms with Gasteiger partial charge >= 0.3 is 0 Å². The SMILES string of the molecule is Cc1cccn2cc(-c3ccc(NC(=O)c4cccc(Br)c4)cc3)nc12. The van der Waals surface area contributed by atoms with Crippen LogP contribution in [0.5, 0.6) is 0 Å². The van der Waals surface area contributed by atoms with Crippen molar-refractivity contribution in [2.24, 2.45) is 0 Å². The number of hydrogen-bond acceptors (Lipinski definition) is 2. The fourth-order valence-electron chi connectivity index (χ4n) is 2.85. The number of carbonyl (C=O) groups is 1. The van der Waals surface area contributed by atoms with Crippen molar-refractivity contribution in [3.63, 3.8) is 0 Å². The number of anilines is 1. The van der Waals surface area contributed by atoms with Crippen LogP contribution in [-0.4, -0.2) is 15.3 Å². The number of benzene rings is 2. The number of hydrogen-bond donors (Lipinski definition) is 1. The number of fused-ring (bicyclic) bond motifs is 1. The lowest BCUT2D eigenvalue weighted by Gasteiger charge is -2.06. The highest BCUT2D eigenvalue weighted by atomic mass is 79.9. The van der Waals surface area contributed by atoms with Crippen molar-refractivity contribution in [2.45, 2.75) is 6.92 Å². The molecule has 128 valence electrons. The third-order valence-corrected chi connectivity index (χ3v) is 4.70. The van der Waals surface area contributed by atoms with E-state index in [2.05, 4.69) is 21.2 Å². The Balaban J connectivity index is 1.56. The van der Waals surface area contributed by atoms with Gasteiger partial charge in [-0.15, -0.1) is 0 Å². The molecule has 0 unspecified atom stereocenters. The van der Waals surface area contributed by atoms with Crippen LogP contribution in [0.25, 0.3) is 16.9 Å². The highest BCUT2D eigenvalue weighted by Crippen LogP contribution is 2.23. The minimum Gasteiger partial charge on any atom is -0.322 e. The Kier molecular flexibility index (Phi) is 4.31. The van der Waals surface area contributed by atoms with E-state index in [4.69, 9.17) is 4.98 Å². The zero-order chi connectivity index (χ0) is 18.1. The van der Waals surface area contributed by atoms with Crippen LogP contribution in [0.4, 0.5) is 5.69 Å². The smallest absolute Gasteiger partial charge is 0.255 e. The number of aryl methyl sites for hydroxylation is 1. The quantitative estimate of drug-likeness (QED) is 0.500. The Bertz CT molecular complexity index is 1100. The molecule has 4 nitrogen and oxygen atoms in total. The number of nitrogens with one attached hydrogen (secondary N) is 1. The first-order valence-corrected chi connectivity index (χ1v) is 9.01. The van der Waals surface area contributed by atoms with E-state index in [-0.39, 0.29) is 5.91 Å². The van der Waals surface area contributed by atoms with Crippen LogP contribution in [0.15, 0.2) is 77.5 Å². The molecule has 0 fully saturated rings. The van der Waals surface area contributed by atoms with E-state index in [1.54, 1.807) is 12.1 Å². The van der Waals surface area contributed by atoms with Gasteiger partial charge in [0.05, 0.1) is 5.69 Å². The highest BCUT2D eigenvalue weighted by molar-refractivity contribution is 9.10. The molecule has 0 aliphatic rings. The lowest BCUT2D eigenvalue weighted by Crippen LogP contribution is -2.11. The van der Waals surface area contributed by atoms with Crippen molar-refractivity contribution < 1.29 is 4.79 Å². The van der Waals surface area contributed by atoms with Gasteiger partial charge in [0.25, 0.3) is 5.91 Å². The molecule has 2 heterocycles. The van der Waals surface area contributed by atoms with Crippen LogP contribution in [0.2, 0.25) is 0 Å². The molecular weight excluding hydrogens is 390 g/mol. The van der Waals surface area contributed by atoms with Crippen molar-refractivity contribution in [1.29, 1.82) is 0 Å². The Morgan fingerprint density at radius 2 is 1.88 bits per heavy atom. The zero-order valence-electron chi connectivity index (χ0n) is 14.1. The fourth-order valence-corrected chi connectivity index (χ4v) is 3.25. The number of imidazole rings is 1. The molecule has 0 aliphatic heterocycles. The maximum absolute atomic E-state index is 12.3. The van der Waals surface area contributed by atoms with E-state index in [0.29, 0.717) is 5.56 Å². The van der Waals surface area contributed by atoms with Gasteiger partial charge in [-0.2, -0.15) is 0 Å². The fraction of sp³-hybridized carbons (Fsp3) is 0.0476. The van der Waals surface area contributed by atoms with Gasteiger partial charge in [-0.3, -0.25) is 4.79 Å². The van der Waals surface area contributed by atoms with Gasteiger partial charge in [0.2, 0.25) is 0 Å². The van der Waals surface area contributed by atoms with Crippen LogP contribution in [-0.2, 0) is 0 Å². The third-order valence-electron chi connectivity index (χ3n) is 4.20. The molecule has 4 aromatic rings. The van der Waals surface area contributed by atoms with Crippen LogP contribution in [0, 0.1) is 6.92 Å². The van der Waals surface area contributed by atoms with Gasteiger partial charge in [0.15, 0.2) is 0 Å². The average molecular weight is 406 g/mol. The third kappa shape index (κ3) is 3.26. The van der Waals surface area contributed by atoms with E-state index >= 15 is 0 Å². The molecule has 0 spiro atoms. The van der Waals surface area contributed by atoms with Crippen LogP contribution in [0.3, 0.4) is 0 Å². The Morgan fingerprint density at radius 3 is 2.62 bits per heavy atom. The Hall–Kier alpha value is -2.92. The number of amides is 1. The first-order valence-electron chi connectivity index (χ1n) is 8.22. The molecule has 5 heteroatoms. The summed E-state index contributed by atoms with van der Waals surface area (Å²) < 4.78 is 2.90. The lowest BCUT2D eigenvalue weighted by molar-refractivity contribution is 0.102. The number of pyridine rings is 1. The molecule has 0 bridgehead atoms. The molecule has 0 saturated carbocycles. The summed E-state index contributed by atoms with van der Waals surface area (Å²) in [5.74, 6) is -0.137. The number of carbonyl (C=O) groups excluding carboxylic acids is 1. The molecule has 4 rings (SSSR count). The van der Waals surface area contributed by atoms with E-state index < -0.39 is 0 Å². The topological polar surface area (TPSA) is 46.4 Å². The number of rotatable bonds is 3. The van der Waals surface area contributed by atoms with Crippen molar-refractivity contribution in [3.8, 4) is 11.3 Å². The summed E-state index contributed by atoms with van der Waals surface area (Å²) in [5.41, 5.74) is 5.36. The van der Waals surface area contributed by atoms with Crippen LogP contribution < -0.4 is 5.32 Å². The molecule has 2 aromatic heterocycles. The molecule has 0 radical (unpaired) electrons. The summed E-state index contributed by atoms with van der Waals surface area (Å²) in [4.78, 5) is 17.0. The van der Waals surface area contributed by atoms with E-state index in [0.717, 1.165) is 32.6 Å². The molecule has 1 N–H and O–H groups in total. The van der Waals surface area contributed by atoms with Gasteiger partial charge in [0.1, 0.15) is 5.65 Å². The Labute approximate surface area is 159 Å². The second-order valence-electron chi connectivity index (χ2n) is 6.09.